The van der Waals surface area contributed by atoms with Crippen LogP contribution >= 0.6 is 11.3 Å². The Hall–Kier alpha value is -4.31. The number of anilines is 1. The van der Waals surface area contributed by atoms with E-state index < -0.39 is 23.7 Å². The van der Waals surface area contributed by atoms with Crippen molar-refractivity contribution in [1.82, 2.24) is 25.0 Å². The fourth-order valence-electron chi connectivity index (χ4n) is 5.78. The number of hydrogen-bond acceptors (Lipinski definition) is 8. The van der Waals surface area contributed by atoms with E-state index in [9.17, 15) is 23.9 Å². The lowest BCUT2D eigenvalue weighted by Crippen LogP contribution is -2.51. The van der Waals surface area contributed by atoms with Crippen LogP contribution in [0, 0.1) is 23.1 Å². The number of piperazine rings is 1. The first-order chi connectivity index (χ1) is 22.9. The number of carbonyl (C=O) groups is 3. The maximum Gasteiger partial charge on any atom is 0.256 e. The molecule has 0 saturated carbocycles. The molecular weight excluding hydrogens is 631 g/mol. The molecule has 1 aromatic heterocycles. The predicted octanol–water partition coefficient (Wildman–Crippen LogP) is 4.62. The van der Waals surface area contributed by atoms with Gasteiger partial charge < -0.3 is 20.2 Å². The van der Waals surface area contributed by atoms with Crippen LogP contribution < -0.4 is 10.6 Å². The van der Waals surface area contributed by atoms with E-state index in [1.807, 2.05) is 19.1 Å². The molecule has 1 saturated heterocycles. The maximum absolute atomic E-state index is 14.3. The highest BCUT2D eigenvalue weighted by Crippen LogP contribution is 2.37. The normalized spacial score (nSPS) is 16.5. The Morgan fingerprint density at radius 3 is 2.58 bits per heavy atom. The summed E-state index contributed by atoms with van der Waals surface area (Å²) in [6.45, 7) is 13.3. The summed E-state index contributed by atoms with van der Waals surface area (Å²) in [5, 5.41) is 18.4. The van der Waals surface area contributed by atoms with E-state index >= 15 is 0 Å². The first-order valence-electron chi connectivity index (χ1n) is 16.3. The molecule has 3 amide bonds. The van der Waals surface area contributed by atoms with E-state index in [2.05, 4.69) is 58.0 Å². The molecule has 2 aliphatic rings. The minimum absolute atomic E-state index is 0.0166. The second-order valence-electron chi connectivity index (χ2n) is 13.4. The highest BCUT2D eigenvalue weighted by Gasteiger charge is 2.40. The van der Waals surface area contributed by atoms with Crippen LogP contribution in [-0.4, -0.2) is 87.8 Å². The highest BCUT2D eigenvalue weighted by molar-refractivity contribution is 7.13. The number of rotatable bonds is 10. The van der Waals surface area contributed by atoms with Crippen LogP contribution in [0.1, 0.15) is 73.6 Å². The zero-order valence-electron chi connectivity index (χ0n) is 27.9. The number of amides is 3. The Labute approximate surface area is 285 Å². The van der Waals surface area contributed by atoms with Crippen molar-refractivity contribution in [3.8, 4) is 17.6 Å². The van der Waals surface area contributed by atoms with Gasteiger partial charge in [0, 0.05) is 67.9 Å². The Morgan fingerprint density at radius 1 is 1.12 bits per heavy atom. The van der Waals surface area contributed by atoms with E-state index in [1.165, 1.54) is 28.5 Å². The van der Waals surface area contributed by atoms with Gasteiger partial charge in [-0.25, -0.2) is 9.37 Å². The van der Waals surface area contributed by atoms with Crippen molar-refractivity contribution in [2.75, 3.05) is 44.6 Å². The molecule has 3 aromatic rings. The molecule has 12 heteroatoms. The first-order valence-corrected chi connectivity index (χ1v) is 17.1. The third-order valence-electron chi connectivity index (χ3n) is 8.98. The van der Waals surface area contributed by atoms with E-state index in [0.29, 0.717) is 34.8 Å². The smallest absolute Gasteiger partial charge is 0.256 e. The second kappa shape index (κ2) is 15.3. The second-order valence-corrected chi connectivity index (χ2v) is 14.3. The van der Waals surface area contributed by atoms with Gasteiger partial charge in [0.25, 0.3) is 11.8 Å². The monoisotopic (exact) mass is 674 g/mol. The number of hydrogen-bond donors (Lipinski definition) is 3. The van der Waals surface area contributed by atoms with E-state index in [1.54, 1.807) is 11.4 Å². The van der Waals surface area contributed by atoms with E-state index in [0.717, 1.165) is 51.3 Å². The van der Waals surface area contributed by atoms with Crippen LogP contribution in [0.2, 0.25) is 0 Å². The Balaban J connectivity index is 1.18. The number of aromatic nitrogens is 1. The number of aromatic hydroxyl groups is 1. The number of nitrogens with one attached hydrogen (secondary N) is 2. The number of fused-ring (bicyclic) bond motifs is 1. The number of phenols is 1. The fraction of sp³-hybridized carbons (Fsp3) is 0.444. The van der Waals surface area contributed by atoms with Crippen molar-refractivity contribution in [3.05, 3.63) is 76.0 Å². The molecule has 2 aliphatic heterocycles. The van der Waals surface area contributed by atoms with Gasteiger partial charge in [-0.1, -0.05) is 44.7 Å². The fourth-order valence-corrected chi connectivity index (χ4v) is 6.31. The third-order valence-corrected chi connectivity index (χ3v) is 9.67. The molecule has 2 aromatic carbocycles. The zero-order chi connectivity index (χ0) is 34.4. The van der Waals surface area contributed by atoms with Crippen molar-refractivity contribution < 1.29 is 23.9 Å². The quantitative estimate of drug-likeness (QED) is 0.212. The summed E-state index contributed by atoms with van der Waals surface area (Å²) in [5.74, 6) is 4.48. The molecule has 10 nitrogen and oxygen atoms in total. The zero-order valence-corrected chi connectivity index (χ0v) is 28.7. The Morgan fingerprint density at radius 2 is 1.88 bits per heavy atom. The highest BCUT2D eigenvalue weighted by atomic mass is 32.1. The van der Waals surface area contributed by atoms with Gasteiger partial charge in [-0.3, -0.25) is 24.6 Å². The van der Waals surface area contributed by atoms with Gasteiger partial charge >= 0.3 is 0 Å². The van der Waals surface area contributed by atoms with Gasteiger partial charge in [0.05, 0.1) is 12.1 Å². The molecule has 3 N–H and O–H groups in total. The van der Waals surface area contributed by atoms with Crippen LogP contribution in [0.3, 0.4) is 0 Å². The molecule has 2 atom stereocenters. The summed E-state index contributed by atoms with van der Waals surface area (Å²) >= 11 is 1.21. The van der Waals surface area contributed by atoms with Crippen molar-refractivity contribution in [2.45, 2.75) is 59.2 Å². The summed E-state index contributed by atoms with van der Waals surface area (Å²) in [7, 11) is 0. The lowest BCUT2D eigenvalue weighted by atomic mass is 9.88. The molecule has 3 heterocycles. The van der Waals surface area contributed by atoms with Crippen LogP contribution in [-0.2, 0) is 16.1 Å². The van der Waals surface area contributed by atoms with Gasteiger partial charge in [0.1, 0.15) is 17.6 Å². The topological polar surface area (TPSA) is 118 Å². The van der Waals surface area contributed by atoms with Crippen molar-refractivity contribution in [2.24, 2.45) is 5.41 Å². The molecule has 48 heavy (non-hydrogen) atoms. The molecule has 0 bridgehead atoms. The standard InChI is InChI=1S/C36H43FN6O4S/c1-24(36(2,3)4)39-30(45)23-42-18-16-41(17-19-42)15-7-5-6-9-25-10-8-11-26-22-43(34(47)31(25)26)32(28-21-27(37)12-13-29(28)44)33(46)40-35-38-14-20-48-35/h8,10-14,20-21,24,32,44H,5,7,15-19,22-23H2,1-4H3,(H,39,45)(H,38,40,46). The van der Waals surface area contributed by atoms with Gasteiger partial charge in [-0.15, -0.1) is 11.3 Å². The number of thiazole rings is 1. The lowest BCUT2D eigenvalue weighted by molar-refractivity contribution is -0.124. The SMILES string of the molecule is CC(NC(=O)CN1CCN(CCCC#Cc2cccc3c2C(=O)N(C(C(=O)Nc2nccs2)c2cc(F)ccc2O)C3)CC1)C(C)(C)C. The molecule has 0 aliphatic carbocycles. The van der Waals surface area contributed by atoms with Crippen molar-refractivity contribution in [1.29, 1.82) is 0 Å². The first kappa shape index (κ1) is 35.0. The lowest BCUT2D eigenvalue weighted by Gasteiger charge is -2.35. The molecule has 0 radical (unpaired) electrons. The van der Waals surface area contributed by atoms with E-state index in [-0.39, 0.29) is 35.2 Å². The van der Waals surface area contributed by atoms with Crippen LogP contribution in [0.15, 0.2) is 48.0 Å². The summed E-state index contributed by atoms with van der Waals surface area (Å²) < 4.78 is 14.3. The Kier molecular flexibility index (Phi) is 11.1. The predicted molar refractivity (Wildman–Crippen MR) is 184 cm³/mol. The van der Waals surface area contributed by atoms with Crippen molar-refractivity contribution >= 4 is 34.2 Å². The van der Waals surface area contributed by atoms with Crippen LogP contribution in [0.5, 0.6) is 5.75 Å². The molecule has 1 fully saturated rings. The van der Waals surface area contributed by atoms with E-state index in [4.69, 9.17) is 0 Å². The Bertz CT molecular complexity index is 1690. The van der Waals surface area contributed by atoms with Gasteiger partial charge in [0.2, 0.25) is 5.91 Å². The number of unbranched alkanes of at least 4 members (excludes halogenated alkanes) is 1. The summed E-state index contributed by atoms with van der Waals surface area (Å²) in [6.07, 6.45) is 3.05. The van der Waals surface area contributed by atoms with Crippen LogP contribution in [0.25, 0.3) is 0 Å². The van der Waals surface area contributed by atoms with Crippen LogP contribution in [0.4, 0.5) is 9.52 Å². The minimum atomic E-state index is -1.30. The summed E-state index contributed by atoms with van der Waals surface area (Å²) in [5.41, 5.74) is 1.68. The van der Waals surface area contributed by atoms with Gasteiger partial charge in [0.15, 0.2) is 5.13 Å². The molecule has 254 valence electrons. The van der Waals surface area contributed by atoms with Gasteiger partial charge in [-0.2, -0.15) is 0 Å². The number of halogens is 1. The molecule has 0 spiro atoms. The average Bonchev–Trinajstić information content (AvgIpc) is 3.67. The molecule has 2 unspecified atom stereocenters. The maximum atomic E-state index is 14.3. The minimum Gasteiger partial charge on any atom is -0.508 e. The largest absolute Gasteiger partial charge is 0.508 e. The average molecular weight is 675 g/mol. The number of phenolic OH excluding ortho intramolecular Hbond substituents is 1. The summed E-state index contributed by atoms with van der Waals surface area (Å²) in [6, 6.07) is 7.58. The molecular formula is C36H43FN6O4S. The van der Waals surface area contributed by atoms with Crippen molar-refractivity contribution in [3.63, 3.8) is 0 Å². The number of benzene rings is 2. The van der Waals surface area contributed by atoms with Gasteiger partial charge in [-0.05, 0) is 55.1 Å². The summed E-state index contributed by atoms with van der Waals surface area (Å²) in [4.78, 5) is 49.9. The third kappa shape index (κ3) is 8.58. The number of carbonyl (C=O) groups excluding carboxylic acids is 3. The molecule has 5 rings (SSSR count). The number of nitrogens with zero attached hydrogens (tertiary/aromatic N) is 4.